The summed E-state index contributed by atoms with van der Waals surface area (Å²) in [6, 6.07) is 35.9. The van der Waals surface area contributed by atoms with E-state index < -0.39 is 0 Å². The molecule has 0 aliphatic rings. The van der Waals surface area contributed by atoms with E-state index in [0.29, 0.717) is 11.8 Å². The average Bonchev–Trinajstić information content (AvgIpc) is 0.669. The van der Waals surface area contributed by atoms with Crippen molar-refractivity contribution in [2.24, 2.45) is 11.8 Å². The van der Waals surface area contributed by atoms with Gasteiger partial charge < -0.3 is 28.1 Å². The summed E-state index contributed by atoms with van der Waals surface area (Å²) >= 11 is 0. The van der Waals surface area contributed by atoms with Gasteiger partial charge in [-0.25, -0.2) is 19.9 Å². The quantitative estimate of drug-likeness (QED) is 0.0300. The number of hydrogen-bond acceptors (Lipinski definition) is 8. The van der Waals surface area contributed by atoms with Gasteiger partial charge in [0.2, 0.25) is 0 Å². The largest absolute Gasteiger partial charge is 0.497 e. The van der Waals surface area contributed by atoms with Gasteiger partial charge in [0.1, 0.15) is 45.6 Å². The first-order chi connectivity index (χ1) is 43.3. The van der Waals surface area contributed by atoms with Crippen molar-refractivity contribution < 1.29 is 18.9 Å². The first-order valence-electron chi connectivity index (χ1n) is 33.3. The van der Waals surface area contributed by atoms with Crippen molar-refractivity contribution >= 4 is 152 Å². The minimum atomic E-state index is 0.462. The maximum Gasteiger partial charge on any atom is 0.143 e. The Labute approximate surface area is 514 Å². The molecule has 0 fully saturated rings. The van der Waals surface area contributed by atoms with Crippen LogP contribution < -0.4 is 18.9 Å². The highest BCUT2D eigenvalue weighted by atomic mass is 16.5. The molecular formula is C78H82N6O4. The lowest BCUT2D eigenvalue weighted by molar-refractivity contribution is 0.366. The second kappa shape index (κ2) is 23.0. The zero-order valence-corrected chi connectivity index (χ0v) is 52.9. The van der Waals surface area contributed by atoms with Crippen LogP contribution in [0.25, 0.3) is 152 Å². The van der Waals surface area contributed by atoms with E-state index in [4.69, 9.17) is 38.9 Å². The Morgan fingerprint density at radius 3 is 0.795 bits per heavy atom. The van der Waals surface area contributed by atoms with Crippen molar-refractivity contribution in [2.75, 3.05) is 28.4 Å². The Hall–Kier alpha value is -8.24. The summed E-state index contributed by atoms with van der Waals surface area (Å²) in [6.45, 7) is 10.9. The molecule has 15 rings (SSSR count). The van der Waals surface area contributed by atoms with Crippen LogP contribution >= 0.6 is 0 Å². The standard InChI is InChI=1S/C78H82N6O4/c1-9-13-17-21-25-45(23-19-15-11-3)43-83-75-69-55(51-35-47(85-5)27-31-63(51)79-75)39-59-61-41-57-53-37-49(87-7)29-33-65(53)81-77-71(57)74-68(61)62(60-40-56-52-36-48(86-6)28-32-64(52)80-76(83)70(56)73(69)67(59)60)42-58-54-38-50(88-8)30-34-66(54)82-78(72(58)74)84(77)44-46(24-20-16-12-4)26-22-18-14-10-2/h27-42,45-46H,9-26,43-44H2,1-8H3. The van der Waals surface area contributed by atoms with Gasteiger partial charge in [-0.2, -0.15) is 0 Å². The Morgan fingerprint density at radius 1 is 0.284 bits per heavy atom. The van der Waals surface area contributed by atoms with Gasteiger partial charge in [-0.1, -0.05) is 118 Å². The normalized spacial score (nSPS) is 13.4. The van der Waals surface area contributed by atoms with Crippen LogP contribution in [0.1, 0.15) is 143 Å². The van der Waals surface area contributed by atoms with Crippen LogP contribution in [-0.4, -0.2) is 57.5 Å². The summed E-state index contributed by atoms with van der Waals surface area (Å²) in [5.41, 5.74) is 7.72. The molecule has 6 heterocycles. The fraction of sp³-hybridized carbons (Fsp3) is 0.385. The highest BCUT2D eigenvalue weighted by Gasteiger charge is 2.31. The van der Waals surface area contributed by atoms with Crippen molar-refractivity contribution in [1.29, 1.82) is 0 Å². The lowest BCUT2D eigenvalue weighted by Gasteiger charge is -2.28. The second-order valence-corrected chi connectivity index (χ2v) is 25.8. The number of unbranched alkanes of at least 4 members (excludes halogenated alkanes) is 10. The van der Waals surface area contributed by atoms with Crippen molar-refractivity contribution in [1.82, 2.24) is 29.1 Å². The molecule has 448 valence electrons. The molecule has 0 bridgehead atoms. The zero-order chi connectivity index (χ0) is 59.9. The van der Waals surface area contributed by atoms with Gasteiger partial charge in [-0.05, 0) is 188 Å². The molecule has 0 spiro atoms. The molecule has 0 N–H and O–H groups in total. The Kier molecular flexibility index (Phi) is 14.7. The molecule has 6 aromatic heterocycles. The van der Waals surface area contributed by atoms with E-state index >= 15 is 0 Å². The summed E-state index contributed by atoms with van der Waals surface area (Å²) in [6.07, 6.45) is 21.9. The van der Waals surface area contributed by atoms with Gasteiger partial charge in [0.15, 0.2) is 0 Å². The first kappa shape index (κ1) is 56.3. The molecule has 15 aromatic rings. The molecular weight excluding hydrogens is 1080 g/mol. The van der Waals surface area contributed by atoms with Crippen LogP contribution in [0, 0.1) is 11.8 Å². The minimum absolute atomic E-state index is 0.462. The lowest BCUT2D eigenvalue weighted by Crippen LogP contribution is -2.16. The number of hydrogen-bond donors (Lipinski definition) is 0. The van der Waals surface area contributed by atoms with E-state index in [9.17, 15) is 0 Å². The van der Waals surface area contributed by atoms with Crippen LogP contribution in [0.2, 0.25) is 0 Å². The molecule has 88 heavy (non-hydrogen) atoms. The third-order valence-corrected chi connectivity index (χ3v) is 20.4. The Morgan fingerprint density at radius 2 is 0.534 bits per heavy atom. The molecule has 10 nitrogen and oxygen atoms in total. The molecule has 9 aromatic carbocycles. The van der Waals surface area contributed by atoms with Crippen molar-refractivity contribution in [2.45, 2.75) is 156 Å². The molecule has 0 amide bonds. The third kappa shape index (κ3) is 8.99. The van der Waals surface area contributed by atoms with Crippen LogP contribution in [0.15, 0.2) is 97.1 Å². The van der Waals surface area contributed by atoms with Crippen LogP contribution in [0.4, 0.5) is 0 Å². The molecule has 0 saturated heterocycles. The second-order valence-electron chi connectivity index (χ2n) is 25.8. The number of benzene rings is 9. The van der Waals surface area contributed by atoms with Crippen LogP contribution in [0.5, 0.6) is 23.0 Å². The fourth-order valence-electron chi connectivity index (χ4n) is 16.0. The van der Waals surface area contributed by atoms with E-state index in [-0.39, 0.29) is 0 Å². The van der Waals surface area contributed by atoms with Crippen molar-refractivity contribution in [3.8, 4) is 23.0 Å². The number of rotatable bonds is 26. The Balaban J connectivity index is 1.16. The zero-order valence-electron chi connectivity index (χ0n) is 52.9. The van der Waals surface area contributed by atoms with Gasteiger partial charge in [0, 0.05) is 67.0 Å². The first-order valence-corrected chi connectivity index (χ1v) is 33.3. The maximum atomic E-state index is 6.10. The molecule has 0 aliphatic heterocycles. The van der Waals surface area contributed by atoms with Gasteiger partial charge in [-0.3, -0.25) is 0 Å². The van der Waals surface area contributed by atoms with Gasteiger partial charge in [0.05, 0.1) is 50.5 Å². The van der Waals surface area contributed by atoms with Gasteiger partial charge in [0.25, 0.3) is 0 Å². The van der Waals surface area contributed by atoms with E-state index in [1.54, 1.807) is 28.4 Å². The molecule has 2 unspecified atom stereocenters. The number of aromatic nitrogens is 6. The predicted octanol–water partition coefficient (Wildman–Crippen LogP) is 21.7. The number of fused-ring (bicyclic) bond motifs is 10. The highest BCUT2D eigenvalue weighted by molar-refractivity contribution is 6.50. The lowest BCUT2D eigenvalue weighted by atomic mass is 9.81. The summed E-state index contributed by atoms with van der Waals surface area (Å²) < 4.78 is 29.5. The Bertz CT molecular complexity index is 4540. The van der Waals surface area contributed by atoms with E-state index in [2.05, 4.69) is 134 Å². The number of methoxy groups -OCH3 is 4. The summed E-state index contributed by atoms with van der Waals surface area (Å²) in [5.74, 6) is 4.16. The van der Waals surface area contributed by atoms with E-state index in [0.717, 1.165) is 124 Å². The smallest absolute Gasteiger partial charge is 0.143 e. The summed E-state index contributed by atoms with van der Waals surface area (Å²) in [4.78, 5) is 23.4. The van der Waals surface area contributed by atoms with Gasteiger partial charge in [-0.15, -0.1) is 0 Å². The number of pyridine rings is 6. The number of ether oxygens (including phenoxy) is 4. The van der Waals surface area contributed by atoms with E-state index in [1.807, 2.05) is 0 Å². The maximum absolute atomic E-state index is 6.10. The highest BCUT2D eigenvalue weighted by Crippen LogP contribution is 2.55. The number of nitrogens with zero attached hydrogens (tertiary/aromatic N) is 6. The van der Waals surface area contributed by atoms with Crippen LogP contribution in [-0.2, 0) is 13.1 Å². The van der Waals surface area contributed by atoms with E-state index in [1.165, 1.54) is 180 Å². The summed E-state index contributed by atoms with van der Waals surface area (Å²) in [5, 5.41) is 23.3. The molecule has 10 heteroatoms. The fourth-order valence-corrected chi connectivity index (χ4v) is 16.0. The molecule has 0 saturated carbocycles. The molecule has 0 aliphatic carbocycles. The van der Waals surface area contributed by atoms with Gasteiger partial charge >= 0.3 is 0 Å². The SMILES string of the molecule is CCCCCCC(CCCCC)Cn1c2nc3ccc(OC)cc3c3cc4c5cc6c7cc(OC)ccc7nc7c6c6c5c(cc5c8cc(OC)ccc8nc(c56)n7CC(CCCCC)CCCCCC)c5cc6c7cc(OC)ccc7nc1c6c(c45)c32. The molecule has 2 atom stereocenters. The monoisotopic (exact) mass is 1170 g/mol. The van der Waals surface area contributed by atoms with Crippen molar-refractivity contribution in [3.63, 3.8) is 0 Å². The average molecular weight is 1170 g/mol. The minimum Gasteiger partial charge on any atom is -0.497 e. The predicted molar refractivity (Wildman–Crippen MR) is 371 cm³/mol. The summed E-state index contributed by atoms with van der Waals surface area (Å²) in [7, 11) is 7.09. The third-order valence-electron chi connectivity index (χ3n) is 20.4. The molecule has 0 radical (unpaired) electrons. The van der Waals surface area contributed by atoms with Crippen molar-refractivity contribution in [3.05, 3.63) is 97.1 Å². The topological polar surface area (TPSA) is 98.3 Å². The van der Waals surface area contributed by atoms with Crippen LogP contribution in [0.3, 0.4) is 0 Å².